The van der Waals surface area contributed by atoms with E-state index in [9.17, 15) is 44.0 Å². The lowest BCUT2D eigenvalue weighted by Gasteiger charge is -2.26. The first-order valence-electron chi connectivity index (χ1n) is 15.8. The minimum absolute atomic E-state index is 0. The van der Waals surface area contributed by atoms with E-state index in [0.717, 1.165) is 0 Å². The van der Waals surface area contributed by atoms with Gasteiger partial charge in [-0.1, -0.05) is 56.7 Å². The van der Waals surface area contributed by atoms with Gasteiger partial charge in [0.25, 0.3) is 5.91 Å². The monoisotopic (exact) mass is 733 g/mol. The number of halogens is 1. The first-order valence-corrected chi connectivity index (χ1v) is 15.8. The van der Waals surface area contributed by atoms with Crippen molar-refractivity contribution >= 4 is 59.6 Å². The number of carbonyl (C=O) groups excluding carboxylic acids is 5. The highest BCUT2D eigenvalue weighted by atomic mass is 35.5. The number of benzene rings is 2. The smallest absolute Gasteiger partial charge is 0.311 e. The Morgan fingerprint density at radius 2 is 1.51 bits per heavy atom. The van der Waals surface area contributed by atoms with E-state index in [1.54, 1.807) is 50.2 Å². The normalized spacial score (nSPS) is 12.7. The van der Waals surface area contributed by atoms with E-state index in [0.29, 0.717) is 12.0 Å². The summed E-state index contributed by atoms with van der Waals surface area (Å²) >= 11 is 0. The Kier molecular flexibility index (Phi) is 18.7. The van der Waals surface area contributed by atoms with E-state index in [4.69, 9.17) is 11.5 Å². The number of aliphatic imine (C=N–C) groups is 1. The Bertz CT molecular complexity index is 1530. The summed E-state index contributed by atoms with van der Waals surface area (Å²) in [6.07, 6.45) is -0.367. The quantitative estimate of drug-likeness (QED) is 0.0323. The van der Waals surface area contributed by atoms with Crippen molar-refractivity contribution in [1.29, 1.82) is 0 Å². The highest BCUT2D eigenvalue weighted by Crippen LogP contribution is 2.16. The van der Waals surface area contributed by atoms with Crippen molar-refractivity contribution in [3.05, 3.63) is 76.3 Å². The van der Waals surface area contributed by atoms with Crippen LogP contribution in [0.15, 0.2) is 65.7 Å². The van der Waals surface area contributed by atoms with Gasteiger partial charge in [0.05, 0.1) is 6.54 Å². The van der Waals surface area contributed by atoms with Crippen LogP contribution in [0.2, 0.25) is 0 Å². The SMILES string of the molecule is CC[C@H](C)[C@H](NC(=O)c1ccccc1)C(=O)N[C@@H](CCC(=O)O)C(=O)NCC(=O)N[C@@H](CCCN=C(N)N)C(=O)N(c1ccccc1)[N+](=O)[O-].Cl. The molecule has 2 rings (SSSR count). The number of para-hydroxylation sites is 1. The number of amides is 5. The first kappa shape index (κ1) is 43.2. The second kappa shape index (κ2) is 22.0. The fourth-order valence-electron chi connectivity index (χ4n) is 4.63. The van der Waals surface area contributed by atoms with Gasteiger partial charge in [-0.3, -0.25) is 33.8 Å². The minimum Gasteiger partial charge on any atom is -0.481 e. The molecular weight excluding hydrogens is 690 g/mol. The number of hydrazine groups is 1. The third-order valence-corrected chi connectivity index (χ3v) is 7.47. The van der Waals surface area contributed by atoms with Gasteiger partial charge in [-0.15, -0.1) is 12.4 Å². The van der Waals surface area contributed by atoms with Gasteiger partial charge < -0.3 is 37.8 Å². The van der Waals surface area contributed by atoms with Crippen molar-refractivity contribution in [2.45, 2.75) is 64.1 Å². The van der Waals surface area contributed by atoms with Gasteiger partial charge in [0.2, 0.25) is 17.7 Å². The van der Waals surface area contributed by atoms with Crippen LogP contribution in [-0.4, -0.2) is 82.8 Å². The molecule has 0 heterocycles. The van der Waals surface area contributed by atoms with Crippen LogP contribution in [0.5, 0.6) is 0 Å². The summed E-state index contributed by atoms with van der Waals surface area (Å²) in [5.41, 5.74) is 10.9. The number of carboxylic acid groups (broad SMARTS) is 1. The van der Waals surface area contributed by atoms with Crippen molar-refractivity contribution in [2.24, 2.45) is 22.4 Å². The molecule has 2 aromatic rings. The maximum absolute atomic E-state index is 13.4. The van der Waals surface area contributed by atoms with Crippen molar-refractivity contribution < 1.29 is 38.9 Å². The molecule has 0 saturated carbocycles. The van der Waals surface area contributed by atoms with E-state index >= 15 is 0 Å². The maximum Gasteiger partial charge on any atom is 0.311 e. The topological polar surface area (TPSA) is 282 Å². The van der Waals surface area contributed by atoms with E-state index in [1.807, 2.05) is 0 Å². The number of carboxylic acids is 1. The third-order valence-electron chi connectivity index (χ3n) is 7.47. The molecule has 0 bridgehead atoms. The van der Waals surface area contributed by atoms with Crippen LogP contribution >= 0.6 is 12.4 Å². The summed E-state index contributed by atoms with van der Waals surface area (Å²) in [7, 11) is 0. The van der Waals surface area contributed by atoms with E-state index in [-0.39, 0.29) is 60.8 Å². The van der Waals surface area contributed by atoms with Crippen LogP contribution in [0.25, 0.3) is 0 Å². The molecule has 5 amide bonds. The molecule has 4 atom stereocenters. The number of nitrogens with two attached hydrogens (primary N) is 2. The number of nitrogens with one attached hydrogen (secondary N) is 4. The lowest BCUT2D eigenvalue weighted by atomic mass is 9.97. The molecule has 51 heavy (non-hydrogen) atoms. The van der Waals surface area contributed by atoms with Crippen LogP contribution in [0.1, 0.15) is 56.3 Å². The zero-order valence-corrected chi connectivity index (χ0v) is 29.0. The summed E-state index contributed by atoms with van der Waals surface area (Å²) < 4.78 is 0. The summed E-state index contributed by atoms with van der Waals surface area (Å²) in [4.78, 5) is 92.7. The molecule has 19 heteroatoms. The Morgan fingerprint density at radius 1 is 0.902 bits per heavy atom. The van der Waals surface area contributed by atoms with Gasteiger partial charge >= 0.3 is 11.9 Å². The molecule has 0 saturated heterocycles. The predicted octanol–water partition coefficient (Wildman–Crippen LogP) is 0.482. The largest absolute Gasteiger partial charge is 0.481 e. The van der Waals surface area contributed by atoms with Crippen molar-refractivity contribution in [3.8, 4) is 0 Å². The van der Waals surface area contributed by atoms with Crippen LogP contribution in [0, 0.1) is 16.0 Å². The number of nitro groups is 1. The van der Waals surface area contributed by atoms with Gasteiger partial charge in [-0.2, -0.15) is 0 Å². The standard InChI is InChI=1S/C32H43N9O9.ClH/c1-3-20(2)27(39-28(45)21-11-6-4-7-12-21)30(47)38-23(16-17-26(43)44)29(46)36-19-25(42)37-24(15-10-18-35-32(33)34)31(48)40(41(49)50)22-13-8-5-9-14-22;/h4-9,11-14,20,23-24,27H,3,10,15-19H2,1-2H3,(H,36,46)(H,37,42)(H,38,47)(H,39,45)(H,43,44)(H4,33,34,35);1H/t20-,23-,24-,27-;/m0./s1. The van der Waals surface area contributed by atoms with E-state index < -0.39 is 71.6 Å². The molecule has 9 N–H and O–H groups in total. The Morgan fingerprint density at radius 3 is 2.06 bits per heavy atom. The van der Waals surface area contributed by atoms with Crippen molar-refractivity contribution in [2.75, 3.05) is 18.1 Å². The summed E-state index contributed by atoms with van der Waals surface area (Å²) in [6.45, 7) is 2.84. The molecule has 0 aromatic heterocycles. The number of carbonyl (C=O) groups is 6. The van der Waals surface area contributed by atoms with E-state index in [2.05, 4.69) is 26.3 Å². The fourth-order valence-corrected chi connectivity index (χ4v) is 4.63. The molecule has 0 fully saturated rings. The molecule has 278 valence electrons. The van der Waals surface area contributed by atoms with Gasteiger partial charge in [-0.25, -0.2) is 10.1 Å². The number of anilines is 1. The van der Waals surface area contributed by atoms with Crippen LogP contribution in [0.3, 0.4) is 0 Å². The van der Waals surface area contributed by atoms with E-state index in [1.165, 1.54) is 24.3 Å². The highest BCUT2D eigenvalue weighted by molar-refractivity contribution is 6.00. The van der Waals surface area contributed by atoms with Crippen LogP contribution in [0.4, 0.5) is 5.69 Å². The predicted molar refractivity (Wildman–Crippen MR) is 189 cm³/mol. The fraction of sp³-hybridized carbons (Fsp3) is 0.406. The Hall–Kier alpha value is -5.78. The number of nitrogens with zero attached hydrogens (tertiary/aromatic N) is 3. The lowest BCUT2D eigenvalue weighted by Crippen LogP contribution is -2.57. The second-order valence-corrected chi connectivity index (χ2v) is 11.2. The van der Waals surface area contributed by atoms with Gasteiger partial charge in [0.1, 0.15) is 23.8 Å². The molecular formula is C32H44ClN9O9. The van der Waals surface area contributed by atoms with Crippen LogP contribution in [-0.2, 0) is 24.0 Å². The highest BCUT2D eigenvalue weighted by Gasteiger charge is 2.35. The number of hydrogen-bond donors (Lipinski definition) is 7. The zero-order valence-electron chi connectivity index (χ0n) is 28.2. The summed E-state index contributed by atoms with van der Waals surface area (Å²) in [5, 5.41) is 30.3. The Balaban J connectivity index is 0.0000130. The molecule has 0 aliphatic carbocycles. The minimum atomic E-state index is -1.44. The first-order chi connectivity index (χ1) is 23.7. The van der Waals surface area contributed by atoms with Gasteiger partial charge in [0, 0.05) is 18.5 Å². The molecule has 0 unspecified atom stereocenters. The molecule has 2 aromatic carbocycles. The molecule has 0 radical (unpaired) electrons. The number of rotatable bonds is 20. The Labute approximate surface area is 300 Å². The lowest BCUT2D eigenvalue weighted by molar-refractivity contribution is -0.484. The zero-order chi connectivity index (χ0) is 37.2. The summed E-state index contributed by atoms with van der Waals surface area (Å²) in [5.74, 6) is -6.02. The third kappa shape index (κ3) is 14.7. The maximum atomic E-state index is 13.4. The average Bonchev–Trinajstić information content (AvgIpc) is 3.09. The summed E-state index contributed by atoms with van der Waals surface area (Å²) in [6, 6.07) is 11.5. The second-order valence-electron chi connectivity index (χ2n) is 11.2. The number of hydrogen-bond acceptors (Lipinski definition) is 9. The molecule has 18 nitrogen and oxygen atoms in total. The number of guanidine groups is 1. The molecule has 0 aliphatic heterocycles. The molecule has 0 aliphatic rings. The van der Waals surface area contributed by atoms with Gasteiger partial charge in [0.15, 0.2) is 11.0 Å². The van der Waals surface area contributed by atoms with Gasteiger partial charge in [-0.05, 0) is 54.5 Å². The van der Waals surface area contributed by atoms with Crippen molar-refractivity contribution in [1.82, 2.24) is 21.3 Å². The van der Waals surface area contributed by atoms with Crippen molar-refractivity contribution in [3.63, 3.8) is 0 Å². The van der Waals surface area contributed by atoms with Crippen LogP contribution < -0.4 is 37.7 Å². The molecule has 0 spiro atoms. The number of aliphatic carboxylic acids is 1. The average molecular weight is 734 g/mol.